The summed E-state index contributed by atoms with van der Waals surface area (Å²) in [5, 5.41) is 5.61. The molecule has 1 fully saturated rings. The maximum Gasteiger partial charge on any atom is 0.315 e. The smallest absolute Gasteiger partial charge is 0.315 e. The van der Waals surface area contributed by atoms with Gasteiger partial charge in [0.25, 0.3) is 0 Å². The van der Waals surface area contributed by atoms with E-state index in [1.54, 1.807) is 6.92 Å². The van der Waals surface area contributed by atoms with Crippen molar-refractivity contribution < 1.29 is 13.9 Å². The molecule has 5 nitrogen and oxygen atoms in total. The molecule has 1 aliphatic rings. The second-order valence-corrected chi connectivity index (χ2v) is 4.75. The molecule has 1 unspecified atom stereocenters. The van der Waals surface area contributed by atoms with Crippen LogP contribution >= 0.6 is 0 Å². The largest absolute Gasteiger partial charge is 0.376 e. The Balaban J connectivity index is 1.88. The van der Waals surface area contributed by atoms with Crippen molar-refractivity contribution in [2.24, 2.45) is 0 Å². The van der Waals surface area contributed by atoms with Crippen molar-refractivity contribution in [2.45, 2.75) is 38.5 Å². The second-order valence-electron chi connectivity index (χ2n) is 4.75. The van der Waals surface area contributed by atoms with E-state index < -0.39 is 5.82 Å². The summed E-state index contributed by atoms with van der Waals surface area (Å²) in [6.45, 7) is 4.37. The van der Waals surface area contributed by atoms with Crippen LogP contribution in [0, 0.1) is 5.82 Å². The van der Waals surface area contributed by atoms with Crippen molar-refractivity contribution in [3.63, 3.8) is 0 Å². The van der Waals surface area contributed by atoms with Gasteiger partial charge in [0, 0.05) is 12.8 Å². The average molecular weight is 267 g/mol. The molecular weight excluding hydrogens is 249 g/mol. The lowest BCUT2D eigenvalue weighted by Gasteiger charge is -2.19. The first-order valence-electron chi connectivity index (χ1n) is 6.35. The molecule has 0 radical (unpaired) electrons. The van der Waals surface area contributed by atoms with E-state index in [0.29, 0.717) is 12.2 Å². The fraction of sp³-hybridized carbons (Fsp3) is 0.538. The Morgan fingerprint density at radius 2 is 2.37 bits per heavy atom. The normalized spacial score (nSPS) is 23.9. The lowest BCUT2D eigenvalue weighted by Crippen LogP contribution is -2.45. The van der Waals surface area contributed by atoms with Gasteiger partial charge in [-0.25, -0.2) is 9.18 Å². The number of hydrogen-bond donors (Lipinski definition) is 2. The zero-order valence-corrected chi connectivity index (χ0v) is 11.0. The van der Waals surface area contributed by atoms with E-state index >= 15 is 0 Å². The summed E-state index contributed by atoms with van der Waals surface area (Å²) in [5.74, 6) is -0.413. The van der Waals surface area contributed by atoms with Crippen LogP contribution in [-0.4, -0.2) is 29.8 Å². The van der Waals surface area contributed by atoms with Gasteiger partial charge in [0.15, 0.2) is 0 Å². The molecule has 2 N–H and O–H groups in total. The van der Waals surface area contributed by atoms with Crippen LogP contribution in [0.1, 0.15) is 31.9 Å². The molecule has 2 rings (SSSR count). The Morgan fingerprint density at radius 3 is 3.00 bits per heavy atom. The number of nitrogens with zero attached hydrogens (tertiary/aromatic N) is 1. The highest BCUT2D eigenvalue weighted by molar-refractivity contribution is 5.74. The molecule has 0 spiro atoms. The molecular formula is C13H18FN3O2. The fourth-order valence-corrected chi connectivity index (χ4v) is 2.08. The quantitative estimate of drug-likeness (QED) is 0.877. The summed E-state index contributed by atoms with van der Waals surface area (Å²) in [4.78, 5) is 15.6. The van der Waals surface area contributed by atoms with E-state index in [0.717, 1.165) is 12.6 Å². The van der Waals surface area contributed by atoms with Gasteiger partial charge in [-0.15, -0.1) is 0 Å². The SMILES string of the molecule is CC(NC(=O)N[C@@H]1CCO[C@@H]1C)c1cncc(F)c1. The van der Waals surface area contributed by atoms with Gasteiger partial charge in [-0.1, -0.05) is 0 Å². The molecule has 3 atom stereocenters. The topological polar surface area (TPSA) is 63.2 Å². The molecule has 1 aromatic heterocycles. The zero-order chi connectivity index (χ0) is 13.8. The highest BCUT2D eigenvalue weighted by atomic mass is 19.1. The van der Waals surface area contributed by atoms with Crippen molar-refractivity contribution in [3.8, 4) is 0 Å². The number of nitrogens with one attached hydrogen (secondary N) is 2. The van der Waals surface area contributed by atoms with Gasteiger partial charge in [-0.05, 0) is 31.9 Å². The predicted molar refractivity (Wildman–Crippen MR) is 68.1 cm³/mol. The molecule has 104 valence electrons. The molecule has 0 aromatic carbocycles. The molecule has 1 saturated heterocycles. The third-order valence-electron chi connectivity index (χ3n) is 3.27. The Morgan fingerprint density at radius 1 is 1.58 bits per heavy atom. The number of hydrogen-bond acceptors (Lipinski definition) is 3. The number of amides is 2. The maximum atomic E-state index is 13.0. The van der Waals surface area contributed by atoms with Crippen LogP contribution in [0.15, 0.2) is 18.5 Å². The summed E-state index contributed by atoms with van der Waals surface area (Å²) in [6.07, 6.45) is 3.50. The lowest BCUT2D eigenvalue weighted by molar-refractivity contribution is 0.114. The monoisotopic (exact) mass is 267 g/mol. The highest BCUT2D eigenvalue weighted by Gasteiger charge is 2.26. The average Bonchev–Trinajstić information content (AvgIpc) is 2.75. The van der Waals surface area contributed by atoms with Gasteiger partial charge in [0.05, 0.1) is 24.4 Å². The number of pyridine rings is 1. The molecule has 0 aliphatic carbocycles. The Bertz CT molecular complexity index is 455. The second kappa shape index (κ2) is 5.97. The van der Waals surface area contributed by atoms with Crippen LogP contribution in [0.5, 0.6) is 0 Å². The first kappa shape index (κ1) is 13.7. The van der Waals surface area contributed by atoms with Gasteiger partial charge in [-0.2, -0.15) is 0 Å². The van der Waals surface area contributed by atoms with Crippen LogP contribution < -0.4 is 10.6 Å². The Hall–Kier alpha value is -1.69. The van der Waals surface area contributed by atoms with Gasteiger partial charge in [0.1, 0.15) is 5.82 Å². The minimum absolute atomic E-state index is 0.0249. The lowest BCUT2D eigenvalue weighted by atomic mass is 10.1. The zero-order valence-electron chi connectivity index (χ0n) is 11.0. The van der Waals surface area contributed by atoms with E-state index in [1.807, 2.05) is 6.92 Å². The van der Waals surface area contributed by atoms with Crippen molar-refractivity contribution in [3.05, 3.63) is 29.8 Å². The number of halogens is 1. The number of carbonyl (C=O) groups is 1. The first-order valence-corrected chi connectivity index (χ1v) is 6.35. The number of rotatable bonds is 3. The maximum absolute atomic E-state index is 13.0. The standard InChI is InChI=1S/C13H18FN3O2/c1-8(10-5-11(14)7-15-6-10)16-13(18)17-12-3-4-19-9(12)2/h5-9,12H,3-4H2,1-2H3,(H2,16,17,18)/t8?,9-,12-/m1/s1. The first-order chi connectivity index (χ1) is 9.06. The number of carbonyl (C=O) groups excluding carboxylic acids is 1. The molecule has 1 aliphatic heterocycles. The minimum atomic E-state index is -0.413. The number of urea groups is 1. The van der Waals surface area contributed by atoms with Crippen LogP contribution in [0.2, 0.25) is 0 Å². The molecule has 6 heteroatoms. The minimum Gasteiger partial charge on any atom is -0.376 e. The summed E-state index contributed by atoms with van der Waals surface area (Å²) in [6, 6.07) is 0.803. The summed E-state index contributed by atoms with van der Waals surface area (Å²) in [7, 11) is 0. The van der Waals surface area contributed by atoms with E-state index in [2.05, 4.69) is 15.6 Å². The van der Waals surface area contributed by atoms with Crippen LogP contribution in [0.25, 0.3) is 0 Å². The van der Waals surface area contributed by atoms with E-state index in [4.69, 9.17) is 4.74 Å². The van der Waals surface area contributed by atoms with Gasteiger partial charge in [0.2, 0.25) is 0 Å². The van der Waals surface area contributed by atoms with Crippen LogP contribution in [-0.2, 0) is 4.74 Å². The number of ether oxygens (including phenoxy) is 1. The molecule has 0 bridgehead atoms. The summed E-state index contributed by atoms with van der Waals surface area (Å²) in [5.41, 5.74) is 0.630. The van der Waals surface area contributed by atoms with E-state index in [1.165, 1.54) is 12.3 Å². The van der Waals surface area contributed by atoms with Crippen molar-refractivity contribution in [1.82, 2.24) is 15.6 Å². The fourth-order valence-electron chi connectivity index (χ4n) is 2.08. The van der Waals surface area contributed by atoms with Crippen LogP contribution in [0.3, 0.4) is 0 Å². The third-order valence-corrected chi connectivity index (χ3v) is 3.27. The molecule has 2 amide bonds. The Labute approximate surface area is 111 Å². The van der Waals surface area contributed by atoms with Gasteiger partial charge in [-0.3, -0.25) is 4.98 Å². The highest BCUT2D eigenvalue weighted by Crippen LogP contribution is 2.14. The van der Waals surface area contributed by atoms with Crippen LogP contribution in [0.4, 0.5) is 9.18 Å². The summed E-state index contributed by atoms with van der Waals surface area (Å²) < 4.78 is 18.4. The molecule has 0 saturated carbocycles. The predicted octanol–water partition coefficient (Wildman–Crippen LogP) is 1.76. The van der Waals surface area contributed by atoms with E-state index in [-0.39, 0.29) is 24.2 Å². The van der Waals surface area contributed by atoms with Crippen molar-refractivity contribution in [2.75, 3.05) is 6.61 Å². The molecule has 1 aromatic rings. The molecule has 19 heavy (non-hydrogen) atoms. The van der Waals surface area contributed by atoms with Gasteiger partial charge >= 0.3 is 6.03 Å². The summed E-state index contributed by atoms with van der Waals surface area (Å²) >= 11 is 0. The number of aromatic nitrogens is 1. The molecule has 2 heterocycles. The van der Waals surface area contributed by atoms with Gasteiger partial charge < -0.3 is 15.4 Å². The third kappa shape index (κ3) is 3.64. The van der Waals surface area contributed by atoms with Crippen molar-refractivity contribution in [1.29, 1.82) is 0 Å². The van der Waals surface area contributed by atoms with Crippen molar-refractivity contribution >= 4 is 6.03 Å². The Kier molecular flexibility index (Phi) is 4.31. The van der Waals surface area contributed by atoms with E-state index in [9.17, 15) is 9.18 Å².